The van der Waals surface area contributed by atoms with Gasteiger partial charge in [0.25, 0.3) is 0 Å². The second-order valence-electron chi connectivity index (χ2n) is 4.23. The zero-order valence-corrected chi connectivity index (χ0v) is 14.6. The maximum Gasteiger partial charge on any atom is 0.148 e. The van der Waals surface area contributed by atoms with E-state index in [4.69, 9.17) is 21.6 Å². The van der Waals surface area contributed by atoms with Crippen LogP contribution in [0.15, 0.2) is 39.3 Å². The smallest absolute Gasteiger partial charge is 0.148 e. The molecule has 0 amide bonds. The second kappa shape index (κ2) is 7.26. The lowest BCUT2D eigenvalue weighted by atomic mass is 10.1. The van der Waals surface area contributed by atoms with Crippen LogP contribution in [0, 0.1) is 17.1 Å². The van der Waals surface area contributed by atoms with Gasteiger partial charge >= 0.3 is 0 Å². The zero-order chi connectivity index (χ0) is 15.4. The van der Waals surface area contributed by atoms with Crippen molar-refractivity contribution in [3.8, 4) is 11.8 Å². The lowest BCUT2D eigenvalue weighted by molar-refractivity contribution is 0.296. The van der Waals surface area contributed by atoms with Gasteiger partial charge in [0.15, 0.2) is 0 Å². The molecule has 0 atom stereocenters. The molecule has 0 radical (unpaired) electrons. The molecule has 0 spiro atoms. The van der Waals surface area contributed by atoms with Crippen LogP contribution < -0.4 is 4.74 Å². The molecule has 0 bridgehead atoms. The van der Waals surface area contributed by atoms with Crippen molar-refractivity contribution in [1.82, 2.24) is 0 Å². The topological polar surface area (TPSA) is 33.0 Å². The van der Waals surface area contributed by atoms with Gasteiger partial charge < -0.3 is 4.74 Å². The normalized spacial score (nSPS) is 10.2. The van der Waals surface area contributed by atoms with E-state index in [-0.39, 0.29) is 6.61 Å². The highest BCUT2D eigenvalue weighted by Crippen LogP contribution is 2.35. The van der Waals surface area contributed by atoms with E-state index in [9.17, 15) is 4.39 Å². The van der Waals surface area contributed by atoms with E-state index < -0.39 is 5.82 Å². The van der Waals surface area contributed by atoms with Crippen molar-refractivity contribution < 1.29 is 9.13 Å². The fraction of sp³-hybridized carbons (Fsp3) is 0.133. The predicted octanol–water partition coefficient (Wildman–Crippen LogP) is 5.54. The summed E-state index contributed by atoms with van der Waals surface area (Å²) in [5.74, 6) is 0.542. The summed E-state index contributed by atoms with van der Waals surface area (Å²) >= 11 is 12.6. The number of nitrogens with zero attached hydrogens (tertiary/aromatic N) is 1. The van der Waals surface area contributed by atoms with Crippen LogP contribution in [0.5, 0.6) is 5.75 Å². The number of halogens is 4. The molecule has 0 heterocycles. The van der Waals surface area contributed by atoms with Gasteiger partial charge in [0.05, 0.1) is 20.6 Å². The van der Waals surface area contributed by atoms with E-state index in [0.717, 1.165) is 14.5 Å². The molecule has 2 aromatic rings. The SMILES string of the molecule is N#Cc1ccc(F)c(COc2c(Br)cc(CCl)cc2Br)c1. The zero-order valence-electron chi connectivity index (χ0n) is 10.7. The number of alkyl halides is 1. The Balaban J connectivity index is 2.23. The Bertz CT molecular complexity index is 692. The number of benzene rings is 2. The van der Waals surface area contributed by atoms with Crippen molar-refractivity contribution in [3.05, 3.63) is 61.8 Å². The van der Waals surface area contributed by atoms with E-state index in [1.54, 1.807) is 0 Å². The molecule has 2 rings (SSSR count). The molecule has 0 saturated carbocycles. The quantitative estimate of drug-likeness (QED) is 0.593. The highest BCUT2D eigenvalue weighted by atomic mass is 79.9. The summed E-state index contributed by atoms with van der Waals surface area (Å²) in [6, 6.07) is 9.83. The predicted molar refractivity (Wildman–Crippen MR) is 86.8 cm³/mol. The molecule has 0 unspecified atom stereocenters. The number of rotatable bonds is 4. The van der Waals surface area contributed by atoms with Crippen LogP contribution >= 0.6 is 43.5 Å². The van der Waals surface area contributed by atoms with Gasteiger partial charge in [-0.3, -0.25) is 0 Å². The van der Waals surface area contributed by atoms with Crippen molar-refractivity contribution in [2.45, 2.75) is 12.5 Å². The molecule has 6 heteroatoms. The van der Waals surface area contributed by atoms with Gasteiger partial charge in [0.1, 0.15) is 18.2 Å². The minimum atomic E-state index is -0.404. The average Bonchev–Trinajstić information content (AvgIpc) is 2.47. The maximum absolute atomic E-state index is 13.7. The van der Waals surface area contributed by atoms with Crippen molar-refractivity contribution in [2.75, 3.05) is 0 Å². The molecule has 0 aliphatic heterocycles. The lowest BCUT2D eigenvalue weighted by Crippen LogP contribution is -2.00. The summed E-state index contributed by atoms with van der Waals surface area (Å²) < 4.78 is 20.8. The molecular formula is C15H9Br2ClFNO. The fourth-order valence-corrected chi connectivity index (χ4v) is 3.40. The Morgan fingerprint density at radius 1 is 1.19 bits per heavy atom. The molecule has 0 fully saturated rings. The van der Waals surface area contributed by atoms with Crippen molar-refractivity contribution in [2.24, 2.45) is 0 Å². The molecule has 2 aromatic carbocycles. The monoisotopic (exact) mass is 431 g/mol. The first-order chi connectivity index (χ1) is 10.0. The van der Waals surface area contributed by atoms with Gasteiger partial charge in [-0.05, 0) is 67.8 Å². The summed E-state index contributed by atoms with van der Waals surface area (Å²) in [4.78, 5) is 0. The number of hydrogen-bond acceptors (Lipinski definition) is 2. The third-order valence-corrected chi connectivity index (χ3v) is 4.25. The Labute approximate surface area is 143 Å². The van der Waals surface area contributed by atoms with Crippen LogP contribution in [0.2, 0.25) is 0 Å². The third-order valence-electron chi connectivity index (χ3n) is 2.76. The van der Waals surface area contributed by atoms with Gasteiger partial charge in [0.2, 0.25) is 0 Å². The first-order valence-electron chi connectivity index (χ1n) is 5.90. The van der Waals surface area contributed by atoms with Crippen molar-refractivity contribution >= 4 is 43.5 Å². The van der Waals surface area contributed by atoms with E-state index in [1.165, 1.54) is 18.2 Å². The summed E-state index contributed by atoms with van der Waals surface area (Å²) in [7, 11) is 0. The summed E-state index contributed by atoms with van der Waals surface area (Å²) in [5, 5.41) is 8.84. The molecule has 0 aliphatic carbocycles. The molecule has 0 N–H and O–H groups in total. The van der Waals surface area contributed by atoms with Crippen LogP contribution in [0.1, 0.15) is 16.7 Å². The highest BCUT2D eigenvalue weighted by Gasteiger charge is 2.11. The Hall–Kier alpha value is -1.09. The average molecular weight is 434 g/mol. The highest BCUT2D eigenvalue weighted by molar-refractivity contribution is 9.11. The van der Waals surface area contributed by atoms with Crippen LogP contribution in [-0.4, -0.2) is 0 Å². The lowest BCUT2D eigenvalue weighted by Gasteiger charge is -2.12. The molecule has 21 heavy (non-hydrogen) atoms. The van der Waals surface area contributed by atoms with Gasteiger partial charge in [-0.1, -0.05) is 0 Å². The minimum Gasteiger partial charge on any atom is -0.486 e. The van der Waals surface area contributed by atoms with Crippen molar-refractivity contribution in [1.29, 1.82) is 5.26 Å². The largest absolute Gasteiger partial charge is 0.486 e. The maximum atomic E-state index is 13.7. The van der Waals surface area contributed by atoms with Crippen LogP contribution in [0.25, 0.3) is 0 Å². The van der Waals surface area contributed by atoms with Gasteiger partial charge in [-0.2, -0.15) is 5.26 Å². The van der Waals surface area contributed by atoms with E-state index in [0.29, 0.717) is 22.8 Å². The van der Waals surface area contributed by atoms with E-state index >= 15 is 0 Å². The molecule has 0 aliphatic rings. The first kappa shape index (κ1) is 16.3. The number of ether oxygens (including phenoxy) is 1. The number of nitriles is 1. The Morgan fingerprint density at radius 2 is 1.86 bits per heavy atom. The Morgan fingerprint density at radius 3 is 2.43 bits per heavy atom. The molecule has 2 nitrogen and oxygen atoms in total. The summed E-state index contributed by atoms with van der Waals surface area (Å²) in [5.41, 5.74) is 1.65. The van der Waals surface area contributed by atoms with Crippen LogP contribution in [0.4, 0.5) is 4.39 Å². The standard InChI is InChI=1S/C15H9Br2ClFNO/c16-12-4-10(6-18)5-13(17)15(12)21-8-11-3-9(7-20)1-2-14(11)19/h1-5H,6,8H2. The minimum absolute atomic E-state index is 0.0266. The first-order valence-corrected chi connectivity index (χ1v) is 8.02. The van der Waals surface area contributed by atoms with Crippen molar-refractivity contribution in [3.63, 3.8) is 0 Å². The van der Waals surface area contributed by atoms with Gasteiger partial charge in [0, 0.05) is 11.4 Å². The Kier molecular flexibility index (Phi) is 5.63. The fourth-order valence-electron chi connectivity index (χ4n) is 1.73. The van der Waals surface area contributed by atoms with Crippen LogP contribution in [0.3, 0.4) is 0 Å². The van der Waals surface area contributed by atoms with Gasteiger partial charge in [-0.15, -0.1) is 11.6 Å². The molecule has 108 valence electrons. The summed E-state index contributed by atoms with van der Waals surface area (Å²) in [6.45, 7) is 0.0266. The molecule has 0 saturated heterocycles. The third kappa shape index (κ3) is 3.97. The van der Waals surface area contributed by atoms with E-state index in [1.807, 2.05) is 18.2 Å². The molecule has 0 aromatic heterocycles. The number of hydrogen-bond donors (Lipinski definition) is 0. The summed E-state index contributed by atoms with van der Waals surface area (Å²) in [6.07, 6.45) is 0. The second-order valence-corrected chi connectivity index (χ2v) is 6.20. The van der Waals surface area contributed by atoms with Crippen LogP contribution in [-0.2, 0) is 12.5 Å². The van der Waals surface area contributed by atoms with E-state index in [2.05, 4.69) is 31.9 Å². The van der Waals surface area contributed by atoms with Gasteiger partial charge in [-0.25, -0.2) is 4.39 Å². The molecular weight excluding hydrogens is 424 g/mol.